The Labute approximate surface area is 194 Å². The van der Waals surface area contributed by atoms with Gasteiger partial charge in [-0.05, 0) is 83.3 Å². The Morgan fingerprint density at radius 1 is 0.968 bits per heavy atom. The van der Waals surface area contributed by atoms with Crippen molar-refractivity contribution in [2.45, 2.75) is 11.1 Å². The number of anilines is 2. The van der Waals surface area contributed by atoms with Crippen LogP contribution >= 0.6 is 34.2 Å². The molecule has 0 aliphatic rings. The molecule has 3 rings (SSSR count). The van der Waals surface area contributed by atoms with E-state index in [9.17, 15) is 26.4 Å². The Morgan fingerprint density at radius 3 is 2.29 bits per heavy atom. The minimum Gasteiger partial charge on any atom is -0.322 e. The number of alkyl halides is 3. The fraction of sp³-hybridized carbons (Fsp3) is 0.0500. The SMILES string of the molecule is O=C(Nc1ccc(I)cc1)c1cccc(S(=O)(=O)Nc2cc(C(F)(F)F)ccc2Cl)c1. The summed E-state index contributed by atoms with van der Waals surface area (Å²) in [5, 5.41) is 2.44. The molecule has 0 spiro atoms. The van der Waals surface area contributed by atoms with E-state index < -0.39 is 33.4 Å². The predicted octanol–water partition coefficient (Wildman–Crippen LogP) is 6.02. The molecule has 3 aromatic carbocycles. The molecule has 0 unspecified atom stereocenters. The Balaban J connectivity index is 1.86. The number of carbonyl (C=O) groups is 1. The molecule has 0 bridgehead atoms. The number of carbonyl (C=O) groups excluding carboxylic acids is 1. The van der Waals surface area contributed by atoms with Crippen LogP contribution in [0.3, 0.4) is 0 Å². The Bertz CT molecular complexity index is 1230. The molecule has 0 saturated carbocycles. The highest BCUT2D eigenvalue weighted by Gasteiger charge is 2.31. The zero-order valence-electron chi connectivity index (χ0n) is 15.4. The minimum absolute atomic E-state index is 0.0524. The fourth-order valence-corrected chi connectivity index (χ4v) is 4.22. The molecule has 0 heterocycles. The summed E-state index contributed by atoms with van der Waals surface area (Å²) in [6.07, 6.45) is -4.67. The van der Waals surface area contributed by atoms with E-state index in [2.05, 4.69) is 27.9 Å². The van der Waals surface area contributed by atoms with E-state index >= 15 is 0 Å². The topological polar surface area (TPSA) is 75.3 Å². The van der Waals surface area contributed by atoms with Crippen LogP contribution in [0.2, 0.25) is 5.02 Å². The lowest BCUT2D eigenvalue weighted by Gasteiger charge is -2.13. The van der Waals surface area contributed by atoms with Gasteiger partial charge in [-0.3, -0.25) is 9.52 Å². The van der Waals surface area contributed by atoms with Gasteiger partial charge in [-0.15, -0.1) is 0 Å². The molecule has 0 saturated heterocycles. The van der Waals surface area contributed by atoms with E-state index in [1.807, 2.05) is 4.72 Å². The van der Waals surface area contributed by atoms with Gasteiger partial charge in [-0.25, -0.2) is 8.42 Å². The Hall–Kier alpha value is -2.31. The first-order valence-corrected chi connectivity index (χ1v) is 11.5. The molecule has 1 amide bonds. The van der Waals surface area contributed by atoms with Gasteiger partial charge in [0.2, 0.25) is 0 Å². The number of benzene rings is 3. The molecule has 3 aromatic rings. The van der Waals surface area contributed by atoms with Crippen molar-refractivity contribution < 1.29 is 26.4 Å². The van der Waals surface area contributed by atoms with Gasteiger partial charge in [0.25, 0.3) is 15.9 Å². The summed E-state index contributed by atoms with van der Waals surface area (Å²) in [4.78, 5) is 12.2. The maximum absolute atomic E-state index is 12.9. The van der Waals surface area contributed by atoms with E-state index in [0.29, 0.717) is 11.8 Å². The number of hydrogen-bond donors (Lipinski definition) is 2. The van der Waals surface area contributed by atoms with Gasteiger partial charge in [0.05, 0.1) is 21.2 Å². The largest absolute Gasteiger partial charge is 0.416 e. The smallest absolute Gasteiger partial charge is 0.322 e. The van der Waals surface area contributed by atoms with Gasteiger partial charge >= 0.3 is 6.18 Å². The molecule has 31 heavy (non-hydrogen) atoms. The molecule has 0 fully saturated rings. The van der Waals surface area contributed by atoms with E-state index in [0.717, 1.165) is 21.8 Å². The summed E-state index contributed by atoms with van der Waals surface area (Å²) in [5.74, 6) is -0.546. The van der Waals surface area contributed by atoms with Crippen molar-refractivity contribution in [3.8, 4) is 0 Å². The monoisotopic (exact) mass is 580 g/mol. The highest BCUT2D eigenvalue weighted by molar-refractivity contribution is 14.1. The summed E-state index contributed by atoms with van der Waals surface area (Å²) in [6.45, 7) is 0. The number of nitrogens with one attached hydrogen (secondary N) is 2. The maximum atomic E-state index is 12.9. The van der Waals surface area contributed by atoms with E-state index in [4.69, 9.17) is 11.6 Å². The molecule has 0 aliphatic carbocycles. The van der Waals surface area contributed by atoms with Crippen LogP contribution < -0.4 is 10.0 Å². The van der Waals surface area contributed by atoms with E-state index in [1.165, 1.54) is 18.2 Å². The van der Waals surface area contributed by atoms with Crippen molar-refractivity contribution in [3.05, 3.63) is 86.4 Å². The first-order chi connectivity index (χ1) is 14.5. The number of halogens is 5. The zero-order valence-corrected chi connectivity index (χ0v) is 19.1. The summed E-state index contributed by atoms with van der Waals surface area (Å²) in [5.41, 5.74) is -0.908. The standard InChI is InChI=1S/C20H13ClF3IN2O3S/c21-17-9-4-13(20(22,23)24)11-18(17)27-31(29,30)16-3-1-2-12(10-16)19(28)26-15-7-5-14(25)6-8-15/h1-11,27H,(H,26,28). The van der Waals surface area contributed by atoms with Crippen molar-refractivity contribution >= 4 is 61.5 Å². The molecule has 162 valence electrons. The summed E-state index contributed by atoms with van der Waals surface area (Å²) in [6, 6.07) is 14.4. The summed E-state index contributed by atoms with van der Waals surface area (Å²) >= 11 is 7.98. The average molecular weight is 581 g/mol. The lowest BCUT2D eigenvalue weighted by molar-refractivity contribution is -0.137. The van der Waals surface area contributed by atoms with Crippen LogP contribution in [-0.4, -0.2) is 14.3 Å². The minimum atomic E-state index is -4.67. The maximum Gasteiger partial charge on any atom is 0.416 e. The Morgan fingerprint density at radius 2 is 1.65 bits per heavy atom. The van der Waals surface area contributed by atoms with Crippen molar-refractivity contribution in [1.29, 1.82) is 0 Å². The number of sulfonamides is 1. The van der Waals surface area contributed by atoms with Gasteiger partial charge in [0.15, 0.2) is 0 Å². The second-order valence-corrected chi connectivity index (χ2v) is 9.62. The molecule has 0 aromatic heterocycles. The molecule has 0 aliphatic heterocycles. The Kier molecular flexibility index (Phi) is 6.82. The average Bonchev–Trinajstić information content (AvgIpc) is 2.70. The normalized spacial score (nSPS) is 11.8. The second-order valence-electron chi connectivity index (χ2n) is 6.29. The number of hydrogen-bond acceptors (Lipinski definition) is 3. The van der Waals surface area contributed by atoms with E-state index in [1.54, 1.807) is 24.3 Å². The first kappa shape index (κ1) is 23.4. The lowest BCUT2D eigenvalue weighted by atomic mass is 10.2. The van der Waals surface area contributed by atoms with Crippen LogP contribution in [0.4, 0.5) is 24.5 Å². The summed E-state index contributed by atoms with van der Waals surface area (Å²) < 4.78 is 67.2. The van der Waals surface area contributed by atoms with Crippen LogP contribution in [-0.2, 0) is 16.2 Å². The van der Waals surface area contributed by atoms with Crippen LogP contribution in [0.15, 0.2) is 71.6 Å². The van der Waals surface area contributed by atoms with Crippen molar-refractivity contribution in [3.63, 3.8) is 0 Å². The van der Waals surface area contributed by atoms with Crippen LogP contribution in [0.1, 0.15) is 15.9 Å². The third-order valence-electron chi connectivity index (χ3n) is 4.05. The first-order valence-electron chi connectivity index (χ1n) is 8.52. The van der Waals surface area contributed by atoms with Crippen LogP contribution in [0.25, 0.3) is 0 Å². The molecule has 2 N–H and O–H groups in total. The molecular weight excluding hydrogens is 568 g/mol. The fourth-order valence-electron chi connectivity index (χ4n) is 2.52. The molecule has 11 heteroatoms. The van der Waals surface area contributed by atoms with Crippen molar-refractivity contribution in [2.75, 3.05) is 10.0 Å². The van der Waals surface area contributed by atoms with Crippen LogP contribution in [0.5, 0.6) is 0 Å². The number of rotatable bonds is 5. The van der Waals surface area contributed by atoms with Gasteiger partial charge in [-0.2, -0.15) is 13.2 Å². The van der Waals surface area contributed by atoms with E-state index in [-0.39, 0.29) is 15.5 Å². The van der Waals surface area contributed by atoms with Gasteiger partial charge in [0, 0.05) is 14.8 Å². The highest BCUT2D eigenvalue weighted by atomic mass is 127. The predicted molar refractivity (Wildman–Crippen MR) is 121 cm³/mol. The molecule has 0 atom stereocenters. The van der Waals surface area contributed by atoms with Gasteiger partial charge in [0.1, 0.15) is 0 Å². The molecular formula is C20H13ClF3IN2O3S. The molecule has 0 radical (unpaired) electrons. The van der Waals surface area contributed by atoms with Gasteiger partial charge in [-0.1, -0.05) is 17.7 Å². The van der Waals surface area contributed by atoms with Gasteiger partial charge < -0.3 is 5.32 Å². The second kappa shape index (κ2) is 9.05. The highest BCUT2D eigenvalue weighted by Crippen LogP contribution is 2.34. The molecule has 5 nitrogen and oxygen atoms in total. The third-order valence-corrected chi connectivity index (χ3v) is 6.46. The number of amides is 1. The van der Waals surface area contributed by atoms with Crippen LogP contribution in [0, 0.1) is 3.57 Å². The lowest BCUT2D eigenvalue weighted by Crippen LogP contribution is -2.16. The summed E-state index contributed by atoms with van der Waals surface area (Å²) in [7, 11) is -4.32. The quantitative estimate of drug-likeness (QED) is 0.363. The van der Waals surface area contributed by atoms with Crippen molar-refractivity contribution in [1.82, 2.24) is 0 Å². The van der Waals surface area contributed by atoms with Crippen molar-refractivity contribution in [2.24, 2.45) is 0 Å². The zero-order chi connectivity index (χ0) is 22.8. The third kappa shape index (κ3) is 5.89.